The zero-order valence-corrected chi connectivity index (χ0v) is 13.6. The van der Waals surface area contributed by atoms with Crippen LogP contribution >= 0.6 is 0 Å². The average molecular weight is 350 g/mol. The lowest BCUT2D eigenvalue weighted by atomic mass is 10.2. The lowest BCUT2D eigenvalue weighted by Crippen LogP contribution is -2.23. The van der Waals surface area contributed by atoms with Gasteiger partial charge in [-0.3, -0.25) is 9.78 Å². The summed E-state index contributed by atoms with van der Waals surface area (Å²) in [5, 5.41) is 7.37. The molecule has 0 aliphatic carbocycles. The SMILES string of the molecule is O=C(NCc1ccon1)c1coc(COc2cccc3cccnc23)n1. The van der Waals surface area contributed by atoms with Crippen LogP contribution < -0.4 is 10.1 Å². The molecule has 3 heterocycles. The van der Waals surface area contributed by atoms with Gasteiger partial charge in [0.25, 0.3) is 5.91 Å². The highest BCUT2D eigenvalue weighted by molar-refractivity contribution is 5.91. The maximum absolute atomic E-state index is 12.1. The number of oxazole rings is 1. The first-order chi connectivity index (χ1) is 12.8. The Labute approximate surface area is 147 Å². The van der Waals surface area contributed by atoms with Crippen LogP contribution in [0.5, 0.6) is 5.75 Å². The number of nitrogens with one attached hydrogen (secondary N) is 1. The highest BCUT2D eigenvalue weighted by atomic mass is 16.5. The summed E-state index contributed by atoms with van der Waals surface area (Å²) in [4.78, 5) is 20.5. The van der Waals surface area contributed by atoms with Gasteiger partial charge in [-0.25, -0.2) is 4.98 Å². The molecule has 0 radical (unpaired) electrons. The lowest BCUT2D eigenvalue weighted by Gasteiger charge is -2.06. The third kappa shape index (κ3) is 3.39. The van der Waals surface area contributed by atoms with Gasteiger partial charge >= 0.3 is 0 Å². The fourth-order valence-electron chi connectivity index (χ4n) is 2.40. The molecule has 1 amide bonds. The van der Waals surface area contributed by atoms with Crippen molar-refractivity contribution in [2.45, 2.75) is 13.2 Å². The quantitative estimate of drug-likeness (QED) is 0.570. The molecular weight excluding hydrogens is 336 g/mol. The maximum Gasteiger partial charge on any atom is 0.273 e. The van der Waals surface area contributed by atoms with Crippen LogP contribution in [-0.4, -0.2) is 21.0 Å². The number of rotatable bonds is 6. The molecule has 1 N–H and O–H groups in total. The van der Waals surface area contributed by atoms with E-state index < -0.39 is 0 Å². The van der Waals surface area contributed by atoms with E-state index in [0.29, 0.717) is 17.3 Å². The van der Waals surface area contributed by atoms with Crippen molar-refractivity contribution in [3.8, 4) is 5.75 Å². The first-order valence-electron chi connectivity index (χ1n) is 7.88. The Balaban J connectivity index is 1.39. The highest BCUT2D eigenvalue weighted by Crippen LogP contribution is 2.23. The summed E-state index contributed by atoms with van der Waals surface area (Å²) in [6.45, 7) is 0.335. The number of nitrogens with zero attached hydrogens (tertiary/aromatic N) is 3. The first kappa shape index (κ1) is 15.8. The molecule has 0 saturated carbocycles. The van der Waals surface area contributed by atoms with E-state index in [1.807, 2.05) is 30.3 Å². The zero-order valence-electron chi connectivity index (χ0n) is 13.6. The van der Waals surface area contributed by atoms with E-state index in [9.17, 15) is 4.79 Å². The van der Waals surface area contributed by atoms with E-state index in [-0.39, 0.29) is 24.8 Å². The maximum atomic E-state index is 12.1. The normalized spacial score (nSPS) is 10.8. The largest absolute Gasteiger partial charge is 0.482 e. The van der Waals surface area contributed by atoms with Gasteiger partial charge in [-0.1, -0.05) is 23.4 Å². The van der Waals surface area contributed by atoms with Crippen molar-refractivity contribution in [2.24, 2.45) is 0 Å². The molecule has 0 aliphatic rings. The van der Waals surface area contributed by atoms with Crippen LogP contribution in [0.15, 0.2) is 64.1 Å². The second-order valence-corrected chi connectivity index (χ2v) is 5.42. The summed E-state index contributed by atoms with van der Waals surface area (Å²) >= 11 is 0. The molecule has 0 bridgehead atoms. The Morgan fingerprint density at radius 3 is 3.00 bits per heavy atom. The molecule has 0 fully saturated rings. The first-order valence-corrected chi connectivity index (χ1v) is 7.88. The van der Waals surface area contributed by atoms with Gasteiger partial charge in [-0.2, -0.15) is 0 Å². The molecule has 0 spiro atoms. The van der Waals surface area contributed by atoms with Gasteiger partial charge in [0.1, 0.15) is 29.5 Å². The number of pyridine rings is 1. The van der Waals surface area contributed by atoms with Gasteiger partial charge in [0.2, 0.25) is 5.89 Å². The van der Waals surface area contributed by atoms with Crippen LogP contribution in [0.2, 0.25) is 0 Å². The number of hydrogen-bond acceptors (Lipinski definition) is 7. The van der Waals surface area contributed by atoms with Crippen molar-refractivity contribution in [2.75, 3.05) is 0 Å². The number of ether oxygens (including phenoxy) is 1. The monoisotopic (exact) mass is 350 g/mol. The molecule has 0 aliphatic heterocycles. The third-order valence-corrected chi connectivity index (χ3v) is 3.65. The van der Waals surface area contributed by atoms with Crippen LogP contribution in [0.4, 0.5) is 0 Å². The van der Waals surface area contributed by atoms with E-state index >= 15 is 0 Å². The van der Waals surface area contributed by atoms with E-state index in [4.69, 9.17) is 13.7 Å². The van der Waals surface area contributed by atoms with E-state index in [1.165, 1.54) is 12.5 Å². The topological polar surface area (TPSA) is 103 Å². The summed E-state index contributed by atoms with van der Waals surface area (Å²) in [7, 11) is 0. The minimum absolute atomic E-state index is 0.0895. The molecule has 130 valence electrons. The van der Waals surface area contributed by atoms with Gasteiger partial charge < -0.3 is 19.0 Å². The Bertz CT molecular complexity index is 1020. The lowest BCUT2D eigenvalue weighted by molar-refractivity contribution is 0.0945. The van der Waals surface area contributed by atoms with Crippen LogP contribution in [0.25, 0.3) is 10.9 Å². The van der Waals surface area contributed by atoms with E-state index in [0.717, 1.165) is 10.9 Å². The van der Waals surface area contributed by atoms with Gasteiger partial charge in [-0.05, 0) is 12.1 Å². The zero-order chi connectivity index (χ0) is 17.8. The minimum atomic E-state index is -0.366. The number of aromatic nitrogens is 3. The highest BCUT2D eigenvalue weighted by Gasteiger charge is 2.13. The summed E-state index contributed by atoms with van der Waals surface area (Å²) in [5.41, 5.74) is 1.55. The summed E-state index contributed by atoms with van der Waals surface area (Å²) in [6.07, 6.45) is 4.44. The Morgan fingerprint density at radius 2 is 2.12 bits per heavy atom. The molecule has 8 heteroatoms. The molecule has 1 aromatic carbocycles. The van der Waals surface area contributed by atoms with Gasteiger partial charge in [0.05, 0.1) is 6.54 Å². The molecule has 26 heavy (non-hydrogen) atoms. The Kier molecular flexibility index (Phi) is 4.29. The molecule has 4 rings (SSSR count). The predicted molar refractivity (Wildman–Crippen MR) is 90.3 cm³/mol. The number of amides is 1. The van der Waals surface area contributed by atoms with Gasteiger partial charge in [-0.15, -0.1) is 0 Å². The second kappa shape index (κ2) is 7.06. The number of fused-ring (bicyclic) bond motifs is 1. The fraction of sp³-hybridized carbons (Fsp3) is 0.111. The van der Waals surface area contributed by atoms with Crippen LogP contribution in [0.1, 0.15) is 22.1 Å². The van der Waals surface area contributed by atoms with Crippen molar-refractivity contribution in [1.29, 1.82) is 0 Å². The molecule has 3 aromatic heterocycles. The standard InChI is InChI=1S/C18H14N4O4/c23-18(20-9-13-6-8-26-22-13)14-10-25-16(21-14)11-24-15-5-1-3-12-4-2-7-19-17(12)15/h1-8,10H,9,11H2,(H,20,23). The average Bonchev–Trinajstić information content (AvgIpc) is 3.36. The number of carbonyl (C=O) groups excluding carboxylic acids is 1. The summed E-state index contributed by atoms with van der Waals surface area (Å²) in [5.74, 6) is 0.553. The number of benzene rings is 1. The Morgan fingerprint density at radius 1 is 1.19 bits per heavy atom. The minimum Gasteiger partial charge on any atom is -0.482 e. The van der Waals surface area contributed by atoms with Crippen LogP contribution in [0, 0.1) is 0 Å². The van der Waals surface area contributed by atoms with Crippen LogP contribution in [-0.2, 0) is 13.2 Å². The number of hydrogen-bond donors (Lipinski definition) is 1. The molecule has 0 saturated heterocycles. The van der Waals surface area contributed by atoms with Crippen LogP contribution in [0.3, 0.4) is 0 Å². The molecule has 8 nitrogen and oxygen atoms in total. The fourth-order valence-corrected chi connectivity index (χ4v) is 2.40. The second-order valence-electron chi connectivity index (χ2n) is 5.42. The summed E-state index contributed by atoms with van der Waals surface area (Å²) in [6, 6.07) is 11.2. The third-order valence-electron chi connectivity index (χ3n) is 3.65. The molecule has 0 unspecified atom stereocenters. The smallest absolute Gasteiger partial charge is 0.273 e. The molecule has 0 atom stereocenters. The summed E-state index contributed by atoms with van der Waals surface area (Å²) < 4.78 is 15.8. The number of carbonyl (C=O) groups is 1. The Hall–Kier alpha value is -3.68. The predicted octanol–water partition coefficient (Wildman–Crippen LogP) is 2.72. The molecule has 4 aromatic rings. The van der Waals surface area contributed by atoms with E-state index in [1.54, 1.807) is 12.3 Å². The van der Waals surface area contributed by atoms with Crippen molar-refractivity contribution < 1.29 is 18.5 Å². The van der Waals surface area contributed by atoms with Crippen molar-refractivity contribution in [3.05, 3.63) is 72.4 Å². The van der Waals surface area contributed by atoms with Crippen molar-refractivity contribution in [3.63, 3.8) is 0 Å². The van der Waals surface area contributed by atoms with Crippen molar-refractivity contribution >= 4 is 16.8 Å². The van der Waals surface area contributed by atoms with Gasteiger partial charge in [0.15, 0.2) is 12.3 Å². The van der Waals surface area contributed by atoms with E-state index in [2.05, 4.69) is 20.4 Å². The number of para-hydroxylation sites is 1. The van der Waals surface area contributed by atoms with Gasteiger partial charge in [0, 0.05) is 17.6 Å². The molecular formula is C18H14N4O4. The van der Waals surface area contributed by atoms with Crippen molar-refractivity contribution in [1.82, 2.24) is 20.4 Å².